The Balaban J connectivity index is 1.44. The number of nitrogens with zero attached hydrogens (tertiary/aromatic N) is 6. The Kier molecular flexibility index (Phi) is 8.62. The highest BCUT2D eigenvalue weighted by Crippen LogP contribution is 2.55. The zero-order valence-electron chi connectivity index (χ0n) is 24.3. The van der Waals surface area contributed by atoms with Gasteiger partial charge in [-0.25, -0.2) is 0 Å². The lowest BCUT2D eigenvalue weighted by atomic mass is 9.69. The van der Waals surface area contributed by atoms with Crippen molar-refractivity contribution < 1.29 is 24.1 Å². The molecule has 0 radical (unpaired) electrons. The second-order valence-electron chi connectivity index (χ2n) is 11.3. The van der Waals surface area contributed by atoms with Crippen LogP contribution in [0.3, 0.4) is 0 Å². The molecular weight excluding hydrogens is 512 g/mol. The summed E-state index contributed by atoms with van der Waals surface area (Å²) in [5, 5.41) is 10.4. The molecule has 0 bridgehead atoms. The topological polar surface area (TPSA) is 106 Å². The Morgan fingerprint density at radius 1 is 1.02 bits per heavy atom. The summed E-state index contributed by atoms with van der Waals surface area (Å²) in [5.41, 5.74) is 1.91. The van der Waals surface area contributed by atoms with Crippen LogP contribution in [0.2, 0.25) is 0 Å². The van der Waals surface area contributed by atoms with E-state index in [-0.39, 0.29) is 23.5 Å². The third-order valence-electron chi connectivity index (χ3n) is 7.78. The first-order valence-electron chi connectivity index (χ1n) is 14.1. The summed E-state index contributed by atoms with van der Waals surface area (Å²) in [7, 11) is 9.82. The zero-order valence-corrected chi connectivity index (χ0v) is 24.3. The molecule has 5 rings (SSSR count). The van der Waals surface area contributed by atoms with Crippen molar-refractivity contribution in [1.29, 1.82) is 0 Å². The lowest BCUT2D eigenvalue weighted by Crippen LogP contribution is -2.43. The van der Waals surface area contributed by atoms with Crippen LogP contribution in [0.4, 0.5) is 5.95 Å². The van der Waals surface area contributed by atoms with Crippen LogP contribution in [0.15, 0.2) is 24.3 Å². The smallest absolute Gasteiger partial charge is 0.324 e. The molecule has 2 aliphatic heterocycles. The molecule has 218 valence electrons. The average molecular weight is 555 g/mol. The van der Waals surface area contributed by atoms with Gasteiger partial charge in [-0.2, -0.15) is 9.97 Å². The Labute approximate surface area is 236 Å². The van der Waals surface area contributed by atoms with Gasteiger partial charge in [-0.1, -0.05) is 18.2 Å². The molecule has 0 saturated carbocycles. The number of benzene rings is 1. The van der Waals surface area contributed by atoms with E-state index in [4.69, 9.17) is 28.9 Å². The summed E-state index contributed by atoms with van der Waals surface area (Å²) in [4.78, 5) is 20.3. The fourth-order valence-electron chi connectivity index (χ4n) is 5.79. The van der Waals surface area contributed by atoms with Crippen LogP contribution in [-0.4, -0.2) is 110 Å². The fraction of sp³-hybridized carbons (Fsp3) is 0.621. The Morgan fingerprint density at radius 2 is 1.70 bits per heavy atom. The molecule has 40 heavy (non-hydrogen) atoms. The molecule has 3 heterocycles. The first kappa shape index (κ1) is 28.4. The van der Waals surface area contributed by atoms with E-state index >= 15 is 0 Å². The van der Waals surface area contributed by atoms with Crippen molar-refractivity contribution in [3.05, 3.63) is 35.4 Å². The van der Waals surface area contributed by atoms with Gasteiger partial charge in [0.1, 0.15) is 6.10 Å². The molecule has 1 aliphatic carbocycles. The normalized spacial score (nSPS) is 23.1. The van der Waals surface area contributed by atoms with Crippen molar-refractivity contribution in [2.45, 2.75) is 49.9 Å². The number of methoxy groups -OCH3 is 1. The molecule has 11 heteroatoms. The van der Waals surface area contributed by atoms with Crippen LogP contribution < -0.4 is 23.8 Å². The number of hydrogen-bond acceptors (Lipinski definition) is 11. The standard InChI is InChI=1S/C29H42N6O5/c1-33(2)13-6-16-38-27-30-26(31-28(32-27)39-17-7-14-34(3)4)35-15-12-29-11-10-21(36)18-23(29)40-25-22(37-5)9-8-20(19-35)24(25)29/h8-11,21,23,36H,6-7,12-19H2,1-5H3/t21-,23-,29?/m1/s1. The van der Waals surface area contributed by atoms with Gasteiger partial charge in [0.15, 0.2) is 11.5 Å². The first-order valence-corrected chi connectivity index (χ1v) is 14.1. The molecule has 1 N–H and O–H groups in total. The van der Waals surface area contributed by atoms with Crippen molar-refractivity contribution in [2.24, 2.45) is 0 Å². The van der Waals surface area contributed by atoms with Crippen molar-refractivity contribution in [1.82, 2.24) is 24.8 Å². The van der Waals surface area contributed by atoms with E-state index in [1.807, 2.05) is 40.3 Å². The quantitative estimate of drug-likeness (QED) is 0.309. The van der Waals surface area contributed by atoms with Crippen molar-refractivity contribution >= 4 is 5.95 Å². The van der Waals surface area contributed by atoms with E-state index in [1.165, 1.54) is 0 Å². The van der Waals surface area contributed by atoms with Crippen molar-refractivity contribution in [2.75, 3.05) is 73.0 Å². The van der Waals surface area contributed by atoms with Crippen molar-refractivity contribution in [3.8, 4) is 23.5 Å². The molecule has 2 aromatic rings. The molecule has 3 aliphatic rings. The molecule has 0 saturated heterocycles. The monoisotopic (exact) mass is 554 g/mol. The summed E-state index contributed by atoms with van der Waals surface area (Å²) in [6.45, 7) is 4.10. The highest BCUT2D eigenvalue weighted by atomic mass is 16.5. The van der Waals surface area contributed by atoms with Gasteiger partial charge in [0.05, 0.1) is 31.8 Å². The molecule has 11 nitrogen and oxygen atoms in total. The summed E-state index contributed by atoms with van der Waals surface area (Å²) >= 11 is 0. The van der Waals surface area contributed by atoms with Gasteiger partial charge in [-0.05, 0) is 59.1 Å². The van der Waals surface area contributed by atoms with Gasteiger partial charge in [0, 0.05) is 38.2 Å². The van der Waals surface area contributed by atoms with Crippen LogP contribution >= 0.6 is 0 Å². The number of hydrogen-bond donors (Lipinski definition) is 1. The van der Waals surface area contributed by atoms with Gasteiger partial charge >= 0.3 is 12.0 Å². The van der Waals surface area contributed by atoms with Crippen molar-refractivity contribution in [3.63, 3.8) is 0 Å². The predicted molar refractivity (Wildman–Crippen MR) is 152 cm³/mol. The zero-order chi connectivity index (χ0) is 28.3. The van der Waals surface area contributed by atoms with E-state index in [0.717, 1.165) is 49.2 Å². The van der Waals surface area contributed by atoms with E-state index in [9.17, 15) is 5.11 Å². The maximum absolute atomic E-state index is 10.4. The summed E-state index contributed by atoms with van der Waals surface area (Å²) in [6.07, 6.45) is 6.37. The number of anilines is 1. The third kappa shape index (κ3) is 5.96. The number of aliphatic hydroxyl groups excluding tert-OH is 1. The minimum Gasteiger partial charge on any atom is -0.493 e. The number of rotatable bonds is 12. The van der Waals surface area contributed by atoms with E-state index < -0.39 is 6.10 Å². The van der Waals surface area contributed by atoms with Gasteiger partial charge < -0.3 is 38.8 Å². The SMILES string of the molecule is COc1ccc2c3c1O[C@@H]1C[C@H](O)C=CC31CCN(c1nc(OCCCN(C)C)nc(OCCCN(C)C)n1)C2. The van der Waals surface area contributed by atoms with Crippen LogP contribution in [0, 0.1) is 0 Å². The summed E-state index contributed by atoms with van der Waals surface area (Å²) in [6, 6.07) is 4.60. The molecule has 1 spiro atoms. The van der Waals surface area contributed by atoms with E-state index in [0.29, 0.717) is 44.4 Å². The first-order chi connectivity index (χ1) is 19.3. The van der Waals surface area contributed by atoms with Crippen LogP contribution in [0.5, 0.6) is 23.5 Å². The van der Waals surface area contributed by atoms with E-state index in [2.05, 4.69) is 31.8 Å². The Bertz CT molecular complexity index is 1170. The minimum absolute atomic E-state index is 0.165. The molecule has 1 aromatic carbocycles. The summed E-state index contributed by atoms with van der Waals surface area (Å²) in [5.74, 6) is 2.01. The van der Waals surface area contributed by atoms with E-state index in [1.54, 1.807) is 7.11 Å². The maximum Gasteiger partial charge on any atom is 0.324 e. The summed E-state index contributed by atoms with van der Waals surface area (Å²) < 4.78 is 24.1. The second-order valence-corrected chi connectivity index (χ2v) is 11.3. The highest BCUT2D eigenvalue weighted by molar-refractivity contribution is 5.62. The number of ether oxygens (including phenoxy) is 4. The fourth-order valence-corrected chi connectivity index (χ4v) is 5.79. The Hall–Kier alpha value is -3.15. The van der Waals surface area contributed by atoms with Crippen LogP contribution in [0.25, 0.3) is 0 Å². The molecule has 1 unspecified atom stereocenters. The van der Waals surface area contributed by atoms with Gasteiger partial charge in [-0.3, -0.25) is 0 Å². The number of aromatic nitrogens is 3. The van der Waals surface area contributed by atoms with Crippen LogP contribution in [0.1, 0.15) is 36.8 Å². The Morgan fingerprint density at radius 3 is 2.33 bits per heavy atom. The van der Waals surface area contributed by atoms with Gasteiger partial charge in [0.2, 0.25) is 5.95 Å². The molecular formula is C29H42N6O5. The number of aliphatic hydroxyl groups is 1. The highest BCUT2D eigenvalue weighted by Gasteiger charge is 2.53. The molecule has 3 atom stereocenters. The largest absolute Gasteiger partial charge is 0.493 e. The third-order valence-corrected chi connectivity index (χ3v) is 7.78. The lowest BCUT2D eigenvalue weighted by Gasteiger charge is -2.35. The molecule has 0 fully saturated rings. The minimum atomic E-state index is -0.526. The average Bonchev–Trinajstić information content (AvgIpc) is 3.15. The van der Waals surface area contributed by atoms with Gasteiger partial charge in [-0.15, -0.1) is 4.98 Å². The predicted octanol–water partition coefficient (Wildman–Crippen LogP) is 2.27. The van der Waals surface area contributed by atoms with Gasteiger partial charge in [0.25, 0.3) is 0 Å². The molecule has 0 amide bonds. The second kappa shape index (κ2) is 12.2. The molecule has 1 aromatic heterocycles. The maximum atomic E-state index is 10.4. The van der Waals surface area contributed by atoms with Crippen LogP contribution in [-0.2, 0) is 12.0 Å². The lowest BCUT2D eigenvalue weighted by molar-refractivity contribution is 0.0856.